The van der Waals surface area contributed by atoms with Gasteiger partial charge in [0, 0.05) is 38.9 Å². The van der Waals surface area contributed by atoms with E-state index in [9.17, 15) is 13.2 Å². The highest BCUT2D eigenvalue weighted by Gasteiger charge is 2.25. The molecular formula is C16H25N3O4S. The first kappa shape index (κ1) is 18.7. The van der Waals surface area contributed by atoms with Crippen molar-refractivity contribution in [2.75, 3.05) is 38.7 Å². The Kier molecular flexibility index (Phi) is 5.84. The molecule has 1 atom stereocenters. The van der Waals surface area contributed by atoms with Gasteiger partial charge in [0.1, 0.15) is 0 Å². The summed E-state index contributed by atoms with van der Waals surface area (Å²) in [5.74, 6) is -0.380. The second kappa shape index (κ2) is 7.50. The third kappa shape index (κ3) is 3.88. The number of aliphatic hydroxyl groups is 1. The average molecular weight is 355 g/mol. The summed E-state index contributed by atoms with van der Waals surface area (Å²) < 4.78 is 25.8. The van der Waals surface area contributed by atoms with E-state index >= 15 is 0 Å². The number of sulfonamides is 1. The Hall–Kier alpha value is -1.64. The number of benzene rings is 1. The Bertz CT molecular complexity index is 697. The highest BCUT2D eigenvalue weighted by atomic mass is 32.2. The van der Waals surface area contributed by atoms with Crippen LogP contribution in [0.15, 0.2) is 23.1 Å². The lowest BCUT2D eigenvalue weighted by molar-refractivity contribution is 0.0922. The van der Waals surface area contributed by atoms with Gasteiger partial charge in [-0.05, 0) is 38.0 Å². The largest absolute Gasteiger partial charge is 0.394 e. The zero-order valence-electron chi connectivity index (χ0n) is 14.3. The SMILES string of the molecule is C[C@@H](CO)NC(=O)c1cc(S(=O)(=O)N(C)C)ccc1N1CCCC1. The number of carbonyl (C=O) groups is 1. The van der Waals surface area contributed by atoms with Crippen LogP contribution < -0.4 is 10.2 Å². The van der Waals surface area contributed by atoms with Crippen LogP contribution in [0.5, 0.6) is 0 Å². The van der Waals surface area contributed by atoms with E-state index in [-0.39, 0.29) is 17.4 Å². The maximum absolute atomic E-state index is 12.6. The summed E-state index contributed by atoms with van der Waals surface area (Å²) in [5, 5.41) is 11.8. The number of nitrogens with one attached hydrogen (secondary N) is 1. The standard InChI is InChI=1S/C16H25N3O4S/c1-12(11-20)17-16(21)14-10-13(24(22,23)18(2)3)6-7-15(14)19-8-4-5-9-19/h6-7,10,12,20H,4-5,8-9,11H2,1-3H3,(H,17,21)/t12-/m0/s1. The lowest BCUT2D eigenvalue weighted by atomic mass is 10.1. The fourth-order valence-corrected chi connectivity index (χ4v) is 3.58. The first-order valence-corrected chi connectivity index (χ1v) is 9.44. The molecule has 1 saturated heterocycles. The van der Waals surface area contributed by atoms with Crippen LogP contribution >= 0.6 is 0 Å². The fourth-order valence-electron chi connectivity index (χ4n) is 2.65. The summed E-state index contributed by atoms with van der Waals surface area (Å²) in [5.41, 5.74) is 1.05. The molecule has 0 aromatic heterocycles. The smallest absolute Gasteiger partial charge is 0.253 e. The molecule has 8 heteroatoms. The van der Waals surface area contributed by atoms with Gasteiger partial charge in [-0.2, -0.15) is 0 Å². The molecule has 7 nitrogen and oxygen atoms in total. The van der Waals surface area contributed by atoms with Crippen LogP contribution in [-0.4, -0.2) is 63.6 Å². The molecule has 0 saturated carbocycles. The Morgan fingerprint density at radius 1 is 1.33 bits per heavy atom. The number of aliphatic hydroxyl groups excluding tert-OH is 1. The Labute approximate surface area is 143 Å². The molecule has 24 heavy (non-hydrogen) atoms. The van der Waals surface area contributed by atoms with Gasteiger partial charge < -0.3 is 15.3 Å². The van der Waals surface area contributed by atoms with Crippen LogP contribution in [0.3, 0.4) is 0 Å². The van der Waals surface area contributed by atoms with Crippen LogP contribution in [0.4, 0.5) is 5.69 Å². The Balaban J connectivity index is 2.47. The van der Waals surface area contributed by atoms with E-state index in [0.717, 1.165) is 35.9 Å². The summed E-state index contributed by atoms with van der Waals surface area (Å²) >= 11 is 0. The van der Waals surface area contributed by atoms with Gasteiger partial charge in [0.15, 0.2) is 0 Å². The van der Waals surface area contributed by atoms with Gasteiger partial charge in [0.2, 0.25) is 10.0 Å². The van der Waals surface area contributed by atoms with Gasteiger partial charge in [-0.25, -0.2) is 12.7 Å². The molecule has 0 bridgehead atoms. The molecule has 0 aliphatic carbocycles. The zero-order chi connectivity index (χ0) is 17.9. The molecule has 0 spiro atoms. The molecule has 1 aromatic carbocycles. The summed E-state index contributed by atoms with van der Waals surface area (Å²) in [7, 11) is -0.710. The van der Waals surface area contributed by atoms with Crippen LogP contribution in [0.2, 0.25) is 0 Å². The Morgan fingerprint density at radius 3 is 2.50 bits per heavy atom. The van der Waals surface area contributed by atoms with E-state index < -0.39 is 16.1 Å². The number of hydrogen-bond donors (Lipinski definition) is 2. The Morgan fingerprint density at radius 2 is 1.96 bits per heavy atom. The van der Waals surface area contributed by atoms with Crippen molar-refractivity contribution in [1.29, 1.82) is 0 Å². The maximum atomic E-state index is 12.6. The van der Waals surface area contributed by atoms with E-state index in [1.807, 2.05) is 0 Å². The van der Waals surface area contributed by atoms with E-state index in [2.05, 4.69) is 10.2 Å². The minimum Gasteiger partial charge on any atom is -0.394 e. The second-order valence-corrected chi connectivity index (χ2v) is 8.37. The maximum Gasteiger partial charge on any atom is 0.253 e. The number of nitrogens with zero attached hydrogens (tertiary/aromatic N) is 2. The van der Waals surface area contributed by atoms with Gasteiger partial charge in [0.05, 0.1) is 17.1 Å². The second-order valence-electron chi connectivity index (χ2n) is 6.22. The molecule has 1 heterocycles. The molecule has 2 rings (SSSR count). The van der Waals surface area contributed by atoms with Gasteiger partial charge in [0.25, 0.3) is 5.91 Å². The molecule has 1 amide bonds. The number of hydrogen-bond acceptors (Lipinski definition) is 5. The van der Waals surface area contributed by atoms with Crippen molar-refractivity contribution in [2.45, 2.75) is 30.7 Å². The third-order valence-corrected chi connectivity index (χ3v) is 5.90. The van der Waals surface area contributed by atoms with Crippen molar-refractivity contribution in [3.8, 4) is 0 Å². The minimum absolute atomic E-state index is 0.0808. The molecule has 0 unspecified atom stereocenters. The van der Waals surface area contributed by atoms with Gasteiger partial charge in [-0.15, -0.1) is 0 Å². The van der Waals surface area contributed by atoms with Crippen molar-refractivity contribution in [2.24, 2.45) is 0 Å². The van der Waals surface area contributed by atoms with Crippen LogP contribution in [0.25, 0.3) is 0 Å². The molecule has 1 aliphatic rings. The third-order valence-electron chi connectivity index (χ3n) is 4.09. The molecule has 1 aromatic rings. The molecular weight excluding hydrogens is 330 g/mol. The normalized spacial score (nSPS) is 16.5. The lowest BCUT2D eigenvalue weighted by Gasteiger charge is -2.23. The van der Waals surface area contributed by atoms with Crippen molar-refractivity contribution < 1.29 is 18.3 Å². The quantitative estimate of drug-likeness (QED) is 0.782. The highest BCUT2D eigenvalue weighted by molar-refractivity contribution is 7.89. The first-order chi connectivity index (χ1) is 11.3. The number of rotatable bonds is 6. The molecule has 1 aliphatic heterocycles. The van der Waals surface area contributed by atoms with E-state index in [1.165, 1.54) is 26.2 Å². The topological polar surface area (TPSA) is 89.9 Å². The van der Waals surface area contributed by atoms with E-state index in [4.69, 9.17) is 5.11 Å². The fraction of sp³-hybridized carbons (Fsp3) is 0.562. The number of carbonyl (C=O) groups excluding carboxylic acids is 1. The number of anilines is 1. The van der Waals surface area contributed by atoms with E-state index in [0.29, 0.717) is 5.56 Å². The number of amides is 1. The summed E-state index contributed by atoms with van der Waals surface area (Å²) in [4.78, 5) is 14.8. The minimum atomic E-state index is -3.62. The van der Waals surface area contributed by atoms with Crippen LogP contribution in [0, 0.1) is 0 Å². The zero-order valence-corrected chi connectivity index (χ0v) is 15.1. The predicted molar refractivity (Wildman–Crippen MR) is 92.8 cm³/mol. The van der Waals surface area contributed by atoms with Crippen molar-refractivity contribution in [3.05, 3.63) is 23.8 Å². The van der Waals surface area contributed by atoms with Crippen LogP contribution in [-0.2, 0) is 10.0 Å². The summed E-state index contributed by atoms with van der Waals surface area (Å²) in [6.45, 7) is 3.19. The molecule has 0 radical (unpaired) electrons. The molecule has 134 valence electrons. The van der Waals surface area contributed by atoms with Crippen molar-refractivity contribution in [3.63, 3.8) is 0 Å². The van der Waals surface area contributed by atoms with Crippen molar-refractivity contribution >= 4 is 21.6 Å². The van der Waals surface area contributed by atoms with Crippen LogP contribution in [0.1, 0.15) is 30.1 Å². The lowest BCUT2D eigenvalue weighted by Crippen LogP contribution is -2.36. The predicted octanol–water partition coefficient (Wildman–Crippen LogP) is 0.648. The monoisotopic (exact) mass is 355 g/mol. The molecule has 1 fully saturated rings. The summed E-state index contributed by atoms with van der Waals surface area (Å²) in [6.07, 6.45) is 2.09. The molecule has 2 N–H and O–H groups in total. The van der Waals surface area contributed by atoms with Gasteiger partial charge in [-0.1, -0.05) is 0 Å². The first-order valence-electron chi connectivity index (χ1n) is 8.00. The van der Waals surface area contributed by atoms with Gasteiger partial charge in [-0.3, -0.25) is 4.79 Å². The van der Waals surface area contributed by atoms with Gasteiger partial charge >= 0.3 is 0 Å². The average Bonchev–Trinajstić information content (AvgIpc) is 3.08. The van der Waals surface area contributed by atoms with Crippen molar-refractivity contribution in [1.82, 2.24) is 9.62 Å². The summed E-state index contributed by atoms with van der Waals surface area (Å²) in [6, 6.07) is 4.25. The highest BCUT2D eigenvalue weighted by Crippen LogP contribution is 2.28. The van der Waals surface area contributed by atoms with E-state index in [1.54, 1.807) is 13.0 Å².